The molecule has 0 saturated heterocycles. The molecule has 0 amide bonds. The minimum Gasteiger partial charge on any atom is -0.316 e. The molecule has 0 bridgehead atoms. The van der Waals surface area contributed by atoms with Crippen LogP contribution >= 0.6 is 0 Å². The Morgan fingerprint density at radius 3 is 2.50 bits per heavy atom. The topological polar surface area (TPSA) is 29.1 Å². The Hall–Kier alpha value is 0.110. The van der Waals surface area contributed by atoms with Gasteiger partial charge in [-0.1, -0.05) is 20.3 Å². The average molecular weight is 217 g/mol. The van der Waals surface area contributed by atoms with Crippen molar-refractivity contribution in [2.45, 2.75) is 39.2 Å². The van der Waals surface area contributed by atoms with Gasteiger partial charge in [0.05, 0.1) is 0 Å². The van der Waals surface area contributed by atoms with Gasteiger partial charge in [-0.15, -0.1) is 0 Å². The maximum atomic E-state index is 11.8. The lowest BCUT2D eigenvalue weighted by molar-refractivity contribution is 0.542. The Bertz CT molecular complexity index is 192. The predicted molar refractivity (Wildman–Crippen MR) is 62.9 cm³/mol. The lowest BCUT2D eigenvalue weighted by atomic mass is 10.2. The minimum absolute atomic E-state index is 0.500. The molecule has 1 aliphatic carbocycles. The summed E-state index contributed by atoms with van der Waals surface area (Å²) in [6.45, 7) is 4.35. The molecule has 0 aromatic rings. The van der Waals surface area contributed by atoms with E-state index in [-0.39, 0.29) is 0 Å². The second kappa shape index (κ2) is 5.86. The van der Waals surface area contributed by atoms with E-state index in [0.717, 1.165) is 23.8 Å². The van der Waals surface area contributed by atoms with Crippen molar-refractivity contribution in [3.63, 3.8) is 0 Å². The summed E-state index contributed by atoms with van der Waals surface area (Å²) in [6.07, 6.45) is 3.79. The van der Waals surface area contributed by atoms with E-state index in [2.05, 4.69) is 19.2 Å². The van der Waals surface area contributed by atoms with Crippen LogP contribution in [-0.4, -0.2) is 28.8 Å². The molecule has 1 rings (SSSR count). The molecule has 84 valence electrons. The van der Waals surface area contributed by atoms with Crippen molar-refractivity contribution in [1.82, 2.24) is 5.32 Å². The van der Waals surface area contributed by atoms with Crippen LogP contribution in [0.25, 0.3) is 0 Å². The molecule has 0 spiro atoms. The molecule has 0 radical (unpaired) electrons. The van der Waals surface area contributed by atoms with Crippen molar-refractivity contribution in [2.24, 2.45) is 11.8 Å². The zero-order chi connectivity index (χ0) is 10.6. The summed E-state index contributed by atoms with van der Waals surface area (Å²) in [6, 6.07) is 0.500. The maximum Gasteiger partial charge on any atom is 0.0391 e. The van der Waals surface area contributed by atoms with Crippen molar-refractivity contribution in [3.05, 3.63) is 0 Å². The molecule has 0 heterocycles. The number of rotatable bonds is 7. The monoisotopic (exact) mass is 217 g/mol. The third-order valence-electron chi connectivity index (χ3n) is 3.09. The summed E-state index contributed by atoms with van der Waals surface area (Å²) >= 11 is 0. The molecule has 3 unspecified atom stereocenters. The largest absolute Gasteiger partial charge is 0.316 e. The van der Waals surface area contributed by atoms with Crippen LogP contribution in [0.3, 0.4) is 0 Å². The summed E-state index contributed by atoms with van der Waals surface area (Å²) < 4.78 is 11.8. The van der Waals surface area contributed by atoms with E-state index in [9.17, 15) is 4.21 Å². The molecule has 1 N–H and O–H groups in total. The van der Waals surface area contributed by atoms with Gasteiger partial charge in [-0.05, 0) is 31.7 Å². The highest BCUT2D eigenvalue weighted by molar-refractivity contribution is 7.85. The van der Waals surface area contributed by atoms with Gasteiger partial charge in [0.25, 0.3) is 0 Å². The Kier molecular flexibility index (Phi) is 5.10. The summed E-state index contributed by atoms with van der Waals surface area (Å²) in [5.74, 6) is 3.14. The quantitative estimate of drug-likeness (QED) is 0.704. The molecule has 2 nitrogen and oxygen atoms in total. The van der Waals surface area contributed by atoms with Crippen molar-refractivity contribution in [1.29, 1.82) is 0 Å². The summed E-state index contributed by atoms with van der Waals surface area (Å²) in [7, 11) is 1.37. The highest BCUT2D eigenvalue weighted by Gasteiger charge is 2.31. The lowest BCUT2D eigenvalue weighted by Crippen LogP contribution is -2.34. The van der Waals surface area contributed by atoms with Crippen molar-refractivity contribution >= 4 is 10.8 Å². The van der Waals surface area contributed by atoms with Gasteiger partial charge < -0.3 is 5.32 Å². The van der Waals surface area contributed by atoms with Gasteiger partial charge >= 0.3 is 0 Å². The van der Waals surface area contributed by atoms with Crippen molar-refractivity contribution in [2.75, 3.05) is 18.6 Å². The van der Waals surface area contributed by atoms with Crippen LogP contribution in [0.15, 0.2) is 0 Å². The highest BCUT2D eigenvalue weighted by atomic mass is 32.2. The van der Waals surface area contributed by atoms with Gasteiger partial charge in [0.15, 0.2) is 0 Å². The van der Waals surface area contributed by atoms with Crippen LogP contribution in [0.2, 0.25) is 0 Å². The van der Waals surface area contributed by atoms with Gasteiger partial charge in [-0.2, -0.15) is 0 Å². The molecule has 1 fully saturated rings. The molecule has 0 aromatic heterocycles. The highest BCUT2D eigenvalue weighted by Crippen LogP contribution is 2.32. The SMILES string of the molecule is CCC(C)CS(=O)CC(NC)C1CC1. The first kappa shape index (κ1) is 12.2. The van der Waals surface area contributed by atoms with E-state index in [1.165, 1.54) is 12.8 Å². The Labute approximate surface area is 90.3 Å². The summed E-state index contributed by atoms with van der Waals surface area (Å²) in [4.78, 5) is 0. The second-order valence-corrected chi connectivity index (χ2v) is 6.07. The van der Waals surface area contributed by atoms with Gasteiger partial charge in [-0.25, -0.2) is 0 Å². The van der Waals surface area contributed by atoms with E-state index < -0.39 is 10.8 Å². The van der Waals surface area contributed by atoms with Gasteiger partial charge in [0.2, 0.25) is 0 Å². The third-order valence-corrected chi connectivity index (χ3v) is 4.77. The molecule has 1 aliphatic rings. The minimum atomic E-state index is -0.623. The van der Waals surface area contributed by atoms with Crippen molar-refractivity contribution in [3.8, 4) is 0 Å². The number of hydrogen-bond acceptors (Lipinski definition) is 2. The van der Waals surface area contributed by atoms with E-state index >= 15 is 0 Å². The number of hydrogen-bond donors (Lipinski definition) is 1. The van der Waals surface area contributed by atoms with Gasteiger partial charge in [-0.3, -0.25) is 4.21 Å². The van der Waals surface area contributed by atoms with Crippen molar-refractivity contribution < 1.29 is 4.21 Å². The van der Waals surface area contributed by atoms with Crippen LogP contribution in [0.5, 0.6) is 0 Å². The fourth-order valence-electron chi connectivity index (χ4n) is 1.66. The smallest absolute Gasteiger partial charge is 0.0391 e. The van der Waals surface area contributed by atoms with Crippen LogP contribution < -0.4 is 5.32 Å². The van der Waals surface area contributed by atoms with Crippen LogP contribution in [0, 0.1) is 11.8 Å². The first-order valence-electron chi connectivity index (χ1n) is 5.69. The standard InChI is InChI=1S/C11H23NOS/c1-4-9(2)7-14(13)8-11(12-3)10-5-6-10/h9-12H,4-8H2,1-3H3. The molecule has 3 heteroatoms. The zero-order valence-electron chi connectivity index (χ0n) is 9.58. The predicted octanol–water partition coefficient (Wildman–Crippen LogP) is 1.78. The van der Waals surface area contributed by atoms with E-state index in [1.807, 2.05) is 7.05 Å². The molecule has 0 aromatic carbocycles. The average Bonchev–Trinajstić information content (AvgIpc) is 2.97. The van der Waals surface area contributed by atoms with Gasteiger partial charge in [0, 0.05) is 28.3 Å². The molecule has 14 heavy (non-hydrogen) atoms. The van der Waals surface area contributed by atoms with Crippen LogP contribution in [0.4, 0.5) is 0 Å². The zero-order valence-corrected chi connectivity index (χ0v) is 10.4. The first-order valence-corrected chi connectivity index (χ1v) is 7.18. The fourth-order valence-corrected chi connectivity index (χ4v) is 3.50. The van der Waals surface area contributed by atoms with E-state index in [0.29, 0.717) is 12.0 Å². The molecular weight excluding hydrogens is 194 g/mol. The third kappa shape index (κ3) is 4.09. The Morgan fingerprint density at radius 1 is 1.43 bits per heavy atom. The first-order chi connectivity index (χ1) is 6.67. The van der Waals surface area contributed by atoms with E-state index in [1.54, 1.807) is 0 Å². The molecular formula is C11H23NOS. The fraction of sp³-hybridized carbons (Fsp3) is 1.00. The second-order valence-electron chi connectivity index (χ2n) is 4.52. The number of nitrogens with one attached hydrogen (secondary N) is 1. The molecule has 0 aliphatic heterocycles. The lowest BCUT2D eigenvalue weighted by Gasteiger charge is -2.16. The van der Waals surface area contributed by atoms with E-state index in [4.69, 9.17) is 0 Å². The van der Waals surface area contributed by atoms with Crippen LogP contribution in [0.1, 0.15) is 33.1 Å². The molecule has 3 atom stereocenters. The normalized spacial score (nSPS) is 23.1. The van der Waals surface area contributed by atoms with Gasteiger partial charge in [0.1, 0.15) is 0 Å². The Morgan fingerprint density at radius 2 is 2.07 bits per heavy atom. The summed E-state index contributed by atoms with van der Waals surface area (Å²) in [5, 5.41) is 3.29. The maximum absolute atomic E-state index is 11.8. The summed E-state index contributed by atoms with van der Waals surface area (Å²) in [5.41, 5.74) is 0. The Balaban J connectivity index is 2.23. The molecule has 1 saturated carbocycles. The van der Waals surface area contributed by atoms with Crippen LogP contribution in [-0.2, 0) is 10.8 Å².